The molecule has 0 spiro atoms. The molecule has 2 aromatic rings. The molecule has 0 heterocycles. The van der Waals surface area contributed by atoms with E-state index in [1.165, 1.54) is 0 Å². The third kappa shape index (κ3) is 4.79. The van der Waals surface area contributed by atoms with Crippen molar-refractivity contribution in [3.63, 3.8) is 0 Å². The van der Waals surface area contributed by atoms with Crippen LogP contribution in [0.4, 0.5) is 5.69 Å². The second-order valence-corrected chi connectivity index (χ2v) is 6.83. The van der Waals surface area contributed by atoms with Gasteiger partial charge in [-0.15, -0.1) is 0 Å². The summed E-state index contributed by atoms with van der Waals surface area (Å²) in [6.45, 7) is 4.22. The molecule has 0 aromatic heterocycles. The molecule has 0 aliphatic carbocycles. The maximum absolute atomic E-state index is 12.2. The Balaban J connectivity index is 2.08. The number of halogens is 1. The molecule has 126 valence electrons. The van der Waals surface area contributed by atoms with Crippen LogP contribution in [0.5, 0.6) is 5.75 Å². The minimum Gasteiger partial charge on any atom is -0.506 e. The zero-order valence-electron chi connectivity index (χ0n) is 13.5. The molecule has 0 aliphatic heterocycles. The third-order valence-electron chi connectivity index (χ3n) is 3.76. The van der Waals surface area contributed by atoms with E-state index in [2.05, 4.69) is 40.4 Å². The van der Waals surface area contributed by atoms with E-state index in [0.29, 0.717) is 17.2 Å². The van der Waals surface area contributed by atoms with Crippen molar-refractivity contribution in [2.45, 2.75) is 26.2 Å². The van der Waals surface area contributed by atoms with Gasteiger partial charge in [0.1, 0.15) is 5.75 Å². The summed E-state index contributed by atoms with van der Waals surface area (Å²) in [4.78, 5) is 12.2. The van der Waals surface area contributed by atoms with Crippen molar-refractivity contribution >= 4 is 44.9 Å². The number of phenolic OH excluding ortho intramolecular Hbond substituents is 1. The van der Waals surface area contributed by atoms with Crippen LogP contribution in [0.25, 0.3) is 0 Å². The van der Waals surface area contributed by atoms with Crippen LogP contribution in [-0.4, -0.2) is 16.1 Å². The second-order valence-electron chi connectivity index (χ2n) is 5.50. The van der Waals surface area contributed by atoms with Gasteiger partial charge in [0.05, 0.1) is 5.69 Å². The van der Waals surface area contributed by atoms with Crippen LogP contribution in [0, 0.1) is 0 Å². The Morgan fingerprint density at radius 2 is 2.04 bits per heavy atom. The Bertz CT molecular complexity index is 764. The third-order valence-corrected chi connectivity index (χ3v) is 4.46. The van der Waals surface area contributed by atoms with Crippen molar-refractivity contribution in [2.75, 3.05) is 5.32 Å². The quantitative estimate of drug-likeness (QED) is 0.504. The molecule has 0 unspecified atom stereocenters. The number of thiocarbonyl (C=S) groups is 1. The van der Waals surface area contributed by atoms with E-state index in [0.717, 1.165) is 16.5 Å². The molecular weight excluding hydrogens is 388 g/mol. The zero-order valence-corrected chi connectivity index (χ0v) is 15.9. The van der Waals surface area contributed by atoms with Crippen molar-refractivity contribution in [1.82, 2.24) is 5.32 Å². The number of phenols is 1. The van der Waals surface area contributed by atoms with Gasteiger partial charge in [-0.2, -0.15) is 0 Å². The Morgan fingerprint density at radius 1 is 1.29 bits per heavy atom. The van der Waals surface area contributed by atoms with Crippen molar-refractivity contribution in [2.24, 2.45) is 0 Å². The molecule has 0 saturated carbocycles. The molecule has 4 nitrogen and oxygen atoms in total. The van der Waals surface area contributed by atoms with Crippen LogP contribution >= 0.6 is 28.1 Å². The Morgan fingerprint density at radius 3 is 2.71 bits per heavy atom. The normalized spacial score (nSPS) is 11.6. The predicted octanol–water partition coefficient (Wildman–Crippen LogP) is 4.80. The average molecular weight is 407 g/mol. The molecule has 0 bridgehead atoms. The number of hydrogen-bond donors (Lipinski definition) is 3. The number of aromatic hydroxyl groups is 1. The molecule has 0 radical (unpaired) electrons. The molecule has 6 heteroatoms. The molecular formula is C18H19BrN2O2S. The number of rotatable bonds is 4. The fourth-order valence-electron chi connectivity index (χ4n) is 2.15. The number of amides is 1. The smallest absolute Gasteiger partial charge is 0.257 e. The lowest BCUT2D eigenvalue weighted by Crippen LogP contribution is -2.34. The average Bonchev–Trinajstić information content (AvgIpc) is 2.56. The fraction of sp³-hybridized carbons (Fsp3) is 0.222. The first-order chi connectivity index (χ1) is 11.4. The number of hydrogen-bond acceptors (Lipinski definition) is 3. The number of carbonyl (C=O) groups is 1. The monoisotopic (exact) mass is 406 g/mol. The topological polar surface area (TPSA) is 61.4 Å². The lowest BCUT2D eigenvalue weighted by Gasteiger charge is -2.14. The summed E-state index contributed by atoms with van der Waals surface area (Å²) in [5.74, 6) is 0.142. The summed E-state index contributed by atoms with van der Waals surface area (Å²) in [5, 5.41) is 15.6. The minimum atomic E-state index is -0.314. The molecule has 1 atom stereocenters. The van der Waals surface area contributed by atoms with Crippen LogP contribution in [0.2, 0.25) is 0 Å². The van der Waals surface area contributed by atoms with E-state index in [1.807, 2.05) is 18.2 Å². The van der Waals surface area contributed by atoms with Gasteiger partial charge in [-0.1, -0.05) is 41.9 Å². The Hall–Kier alpha value is -1.92. The van der Waals surface area contributed by atoms with Gasteiger partial charge in [0.25, 0.3) is 5.91 Å². The highest BCUT2D eigenvalue weighted by Crippen LogP contribution is 2.29. The van der Waals surface area contributed by atoms with Crippen LogP contribution in [-0.2, 0) is 0 Å². The summed E-state index contributed by atoms with van der Waals surface area (Å²) >= 11 is 8.50. The predicted molar refractivity (Wildman–Crippen MR) is 105 cm³/mol. The molecule has 3 N–H and O–H groups in total. The summed E-state index contributed by atoms with van der Waals surface area (Å²) in [5.41, 5.74) is 2.07. The highest BCUT2D eigenvalue weighted by molar-refractivity contribution is 9.10. The first-order valence-electron chi connectivity index (χ1n) is 7.61. The van der Waals surface area contributed by atoms with Gasteiger partial charge in [-0.25, -0.2) is 0 Å². The van der Waals surface area contributed by atoms with Gasteiger partial charge in [0.15, 0.2) is 5.11 Å². The first kappa shape index (κ1) is 18.4. The fourth-order valence-corrected chi connectivity index (χ4v) is 2.76. The lowest BCUT2D eigenvalue weighted by molar-refractivity contribution is 0.0977. The molecule has 2 rings (SSSR count). The van der Waals surface area contributed by atoms with Crippen LogP contribution in [0.15, 0.2) is 46.9 Å². The molecule has 0 aliphatic rings. The van der Waals surface area contributed by atoms with E-state index in [1.54, 1.807) is 24.3 Å². The standard InChI is InChI=1S/C18H19BrN2O2S/c1-3-11(2)12-7-8-16(22)15(10-12)20-18(24)21-17(23)13-5-4-6-14(19)9-13/h4-11,22H,3H2,1-2H3,(H2,20,21,23,24)/t11-/m0/s1. The number of benzene rings is 2. The maximum atomic E-state index is 12.2. The SMILES string of the molecule is CC[C@H](C)c1ccc(O)c(NC(=S)NC(=O)c2cccc(Br)c2)c1. The van der Waals surface area contributed by atoms with Gasteiger partial charge >= 0.3 is 0 Å². The summed E-state index contributed by atoms with van der Waals surface area (Å²) in [7, 11) is 0. The zero-order chi connectivity index (χ0) is 17.7. The number of carbonyl (C=O) groups excluding carboxylic acids is 1. The highest BCUT2D eigenvalue weighted by atomic mass is 79.9. The molecule has 24 heavy (non-hydrogen) atoms. The minimum absolute atomic E-state index is 0.0844. The van der Waals surface area contributed by atoms with E-state index < -0.39 is 0 Å². The van der Waals surface area contributed by atoms with Crippen LogP contribution < -0.4 is 10.6 Å². The second kappa shape index (κ2) is 8.26. The van der Waals surface area contributed by atoms with Crippen molar-refractivity contribution in [1.29, 1.82) is 0 Å². The van der Waals surface area contributed by atoms with Gasteiger partial charge in [0, 0.05) is 10.0 Å². The largest absolute Gasteiger partial charge is 0.506 e. The summed E-state index contributed by atoms with van der Waals surface area (Å²) in [6, 6.07) is 12.4. The molecule has 0 saturated heterocycles. The highest BCUT2D eigenvalue weighted by Gasteiger charge is 2.11. The summed E-state index contributed by atoms with van der Waals surface area (Å²) < 4.78 is 0.813. The van der Waals surface area contributed by atoms with E-state index in [4.69, 9.17) is 12.2 Å². The molecule has 2 aromatic carbocycles. The van der Waals surface area contributed by atoms with Crippen LogP contribution in [0.3, 0.4) is 0 Å². The maximum Gasteiger partial charge on any atom is 0.257 e. The molecule has 0 fully saturated rings. The first-order valence-corrected chi connectivity index (χ1v) is 8.81. The lowest BCUT2D eigenvalue weighted by atomic mass is 9.98. The van der Waals surface area contributed by atoms with Gasteiger partial charge in [-0.05, 0) is 60.5 Å². The molecule has 1 amide bonds. The van der Waals surface area contributed by atoms with Crippen molar-refractivity contribution in [3.8, 4) is 5.75 Å². The van der Waals surface area contributed by atoms with E-state index >= 15 is 0 Å². The van der Waals surface area contributed by atoms with Gasteiger partial charge in [0.2, 0.25) is 0 Å². The van der Waals surface area contributed by atoms with Gasteiger partial charge < -0.3 is 10.4 Å². The number of nitrogens with one attached hydrogen (secondary N) is 2. The van der Waals surface area contributed by atoms with Crippen molar-refractivity contribution in [3.05, 3.63) is 58.1 Å². The van der Waals surface area contributed by atoms with E-state index in [-0.39, 0.29) is 16.8 Å². The van der Waals surface area contributed by atoms with Crippen molar-refractivity contribution < 1.29 is 9.90 Å². The van der Waals surface area contributed by atoms with E-state index in [9.17, 15) is 9.90 Å². The van der Waals surface area contributed by atoms with Gasteiger partial charge in [-0.3, -0.25) is 10.1 Å². The Kier molecular flexibility index (Phi) is 6.34. The van der Waals surface area contributed by atoms with Crippen LogP contribution in [0.1, 0.15) is 42.1 Å². The summed E-state index contributed by atoms with van der Waals surface area (Å²) in [6.07, 6.45) is 0.994. The Labute approximate surface area is 155 Å². The number of anilines is 1.